The van der Waals surface area contributed by atoms with Crippen LogP contribution in [0.3, 0.4) is 0 Å². The van der Waals surface area contributed by atoms with E-state index in [1.807, 2.05) is 34.0 Å². The summed E-state index contributed by atoms with van der Waals surface area (Å²) in [6.45, 7) is 12.6. The number of amides is 1. The summed E-state index contributed by atoms with van der Waals surface area (Å²) < 4.78 is 37.0. The van der Waals surface area contributed by atoms with Gasteiger partial charge in [-0.25, -0.2) is 4.98 Å². The number of phenolic OH excluding ortho intramolecular Hbond substituents is 2. The van der Waals surface area contributed by atoms with Crippen molar-refractivity contribution in [2.45, 2.75) is 104 Å². The van der Waals surface area contributed by atoms with Gasteiger partial charge in [0.05, 0.1) is 35.5 Å². The van der Waals surface area contributed by atoms with Crippen LogP contribution in [0.5, 0.6) is 17.2 Å². The molecule has 7 aliphatic rings. The van der Waals surface area contributed by atoms with Crippen LogP contribution in [0.1, 0.15) is 70.3 Å². The van der Waals surface area contributed by atoms with Gasteiger partial charge in [-0.1, -0.05) is 39.0 Å². The monoisotopic (exact) mass is 910 g/mol. The average Bonchev–Trinajstić information content (AvgIpc) is 3.72. The number of carbonyl (C=O) groups excluding carboxylic acids is 3. The Morgan fingerprint density at radius 1 is 1.02 bits per heavy atom. The number of anilines is 2. The number of rotatable bonds is 4. The number of aliphatic hydroxyl groups is 1. The third-order valence-corrected chi connectivity index (χ3v) is 13.8. The number of ether oxygens (including phenoxy) is 5. The number of phenols is 2. The third kappa shape index (κ3) is 7.94. The number of hydrogen-bond acceptors (Lipinski definition) is 16. The Bertz CT molecular complexity index is 2740. The second-order valence-corrected chi connectivity index (χ2v) is 18.4. The van der Waals surface area contributed by atoms with Crippen molar-refractivity contribution in [2.24, 2.45) is 17.8 Å². The van der Waals surface area contributed by atoms with Gasteiger partial charge in [-0.15, -0.1) is 0 Å². The Hall–Kier alpha value is -6.01. The molecule has 4 N–H and O–H groups in total. The van der Waals surface area contributed by atoms with E-state index >= 15 is 0 Å². The highest BCUT2D eigenvalue weighted by Crippen LogP contribution is 2.51. The molecule has 0 spiro atoms. The summed E-state index contributed by atoms with van der Waals surface area (Å²) >= 11 is 0. The predicted molar refractivity (Wildman–Crippen MR) is 245 cm³/mol. The Morgan fingerprint density at radius 3 is 2.39 bits per heavy atom. The van der Waals surface area contributed by atoms with E-state index in [2.05, 4.69) is 15.1 Å². The van der Waals surface area contributed by atoms with Gasteiger partial charge in [0, 0.05) is 92.2 Å². The number of aliphatic hydroxyl groups excluding tert-OH is 1. The van der Waals surface area contributed by atoms with Gasteiger partial charge in [0.2, 0.25) is 5.43 Å². The molecule has 6 aliphatic heterocycles. The molecule has 17 heteroatoms. The van der Waals surface area contributed by atoms with E-state index < -0.39 is 77.0 Å². The Balaban J connectivity index is 1.32. The van der Waals surface area contributed by atoms with Gasteiger partial charge in [-0.05, 0) is 46.9 Å². The molecule has 2 aromatic carbocycles. The number of aromatic nitrogens is 1. The topological polar surface area (TPSA) is 220 Å². The van der Waals surface area contributed by atoms with Crippen molar-refractivity contribution in [3.8, 4) is 28.7 Å². The number of Topliss-reactive ketones (excluding diaryl/α,β-unsaturated/α-hetero) is 1. The first-order valence-electron chi connectivity index (χ1n) is 22.3. The highest BCUT2D eigenvalue weighted by Gasteiger charge is 2.51. The molecule has 2 aromatic rings. The van der Waals surface area contributed by atoms with Crippen LogP contribution in [-0.4, -0.2) is 120 Å². The van der Waals surface area contributed by atoms with Crippen LogP contribution in [0.2, 0.25) is 0 Å². The van der Waals surface area contributed by atoms with Gasteiger partial charge >= 0.3 is 11.8 Å². The molecule has 0 aromatic heterocycles. The molecule has 352 valence electrons. The van der Waals surface area contributed by atoms with E-state index in [0.29, 0.717) is 24.8 Å². The number of nitrogens with one attached hydrogen (secondary N) is 1. The number of esters is 1. The fourth-order valence-electron chi connectivity index (χ4n) is 9.87. The molecule has 0 radical (unpaired) electrons. The highest BCUT2D eigenvalue weighted by molar-refractivity contribution is 6.22. The molecular weight excluding hydrogens is 853 g/mol. The first-order chi connectivity index (χ1) is 31.3. The lowest BCUT2D eigenvalue weighted by Crippen LogP contribution is -2.46. The van der Waals surface area contributed by atoms with E-state index in [-0.39, 0.29) is 73.1 Å². The number of aromatic hydroxyl groups is 2. The molecule has 66 heavy (non-hydrogen) atoms. The number of nitrogens with zero attached hydrogens (tertiary/aromatic N) is 3. The molecule has 1 aliphatic carbocycles. The summed E-state index contributed by atoms with van der Waals surface area (Å²) in [6, 6.07) is 3.70. The Morgan fingerprint density at radius 2 is 1.73 bits per heavy atom. The molecular formula is C49H58N4O13. The Labute approximate surface area is 381 Å². The second-order valence-electron chi connectivity index (χ2n) is 18.4. The van der Waals surface area contributed by atoms with Crippen LogP contribution in [-0.2, 0) is 28.5 Å². The number of hydrogen-bond donors (Lipinski definition) is 4. The molecule has 9 atom stereocenters. The molecule has 17 nitrogen and oxygen atoms in total. The lowest BCUT2D eigenvalue weighted by atomic mass is 9.86. The van der Waals surface area contributed by atoms with Gasteiger partial charge in [-0.2, -0.15) is 0 Å². The number of carbonyl (C=O) groups is 3. The van der Waals surface area contributed by atoms with Gasteiger partial charge in [-0.3, -0.25) is 19.2 Å². The summed E-state index contributed by atoms with van der Waals surface area (Å²) in [5.41, 5.74) is -0.468. The summed E-state index contributed by atoms with van der Waals surface area (Å²) in [5.74, 6) is -6.46. The summed E-state index contributed by atoms with van der Waals surface area (Å²) in [7, 11) is 5.55. The van der Waals surface area contributed by atoms with Crippen molar-refractivity contribution in [3.05, 3.63) is 69.6 Å². The highest BCUT2D eigenvalue weighted by atomic mass is 16.7. The number of fused-ring (bicyclic) bond motifs is 9. The lowest BCUT2D eigenvalue weighted by molar-refractivity contribution is -0.168. The molecule has 2 fully saturated rings. The summed E-state index contributed by atoms with van der Waals surface area (Å²) in [6.07, 6.45) is 5.28. The second kappa shape index (κ2) is 17.7. The number of methoxy groups -OCH3 is 1. The fourth-order valence-corrected chi connectivity index (χ4v) is 9.87. The van der Waals surface area contributed by atoms with Crippen molar-refractivity contribution < 1.29 is 57.8 Å². The maximum absolute atomic E-state index is 14.9. The van der Waals surface area contributed by atoms with Gasteiger partial charge < -0.3 is 58.5 Å². The predicted octanol–water partition coefficient (Wildman–Crippen LogP) is 5.96. The van der Waals surface area contributed by atoms with Crippen molar-refractivity contribution in [3.63, 3.8) is 0 Å². The molecule has 0 saturated carbocycles. The Kier molecular flexibility index (Phi) is 12.4. The molecule has 7 bridgehead atoms. The smallest absolute Gasteiger partial charge is 0.312 e. The maximum atomic E-state index is 14.9. The quantitative estimate of drug-likeness (QED) is 0.106. The van der Waals surface area contributed by atoms with Crippen molar-refractivity contribution >= 4 is 50.9 Å². The number of ketones is 1. The molecule has 2 saturated heterocycles. The minimum Gasteiger partial charge on any atom is -0.507 e. The van der Waals surface area contributed by atoms with Crippen LogP contribution < -0.4 is 20.4 Å². The largest absolute Gasteiger partial charge is 0.507 e. The van der Waals surface area contributed by atoms with Crippen LogP contribution in [0.25, 0.3) is 33.3 Å². The zero-order valence-electron chi connectivity index (χ0n) is 38.8. The van der Waals surface area contributed by atoms with Crippen molar-refractivity contribution in [2.75, 3.05) is 44.5 Å². The molecule has 6 heterocycles. The maximum Gasteiger partial charge on any atom is 0.312 e. The molecule has 0 unspecified atom stereocenters. The fraction of sp³-hybridized carbons (Fsp3) is 0.490. The third-order valence-electron chi connectivity index (χ3n) is 13.8. The van der Waals surface area contributed by atoms with Crippen LogP contribution >= 0.6 is 0 Å². The summed E-state index contributed by atoms with van der Waals surface area (Å²) in [4.78, 5) is 65.4. The number of benzene rings is 3. The number of allylic oxidation sites excluding steroid dienone is 2. The number of piperidine rings is 1. The van der Waals surface area contributed by atoms with E-state index in [1.165, 1.54) is 40.2 Å². The van der Waals surface area contributed by atoms with Crippen LogP contribution in [0, 0.1) is 24.7 Å². The average molecular weight is 911 g/mol. The van der Waals surface area contributed by atoms with Crippen LogP contribution in [0.15, 0.2) is 57.5 Å². The van der Waals surface area contributed by atoms with E-state index in [0.717, 1.165) is 12.8 Å². The first-order valence-corrected chi connectivity index (χ1v) is 22.3. The van der Waals surface area contributed by atoms with E-state index in [9.17, 15) is 34.5 Å². The lowest BCUT2D eigenvalue weighted by Gasteiger charge is -2.36. The van der Waals surface area contributed by atoms with Crippen LogP contribution in [0.4, 0.5) is 11.4 Å². The minimum atomic E-state index is -2.07. The van der Waals surface area contributed by atoms with Gasteiger partial charge in [0.25, 0.3) is 11.7 Å². The normalized spacial score (nSPS) is 30.5. The zero-order chi connectivity index (χ0) is 47.7. The minimum absolute atomic E-state index is 0.00720. The summed E-state index contributed by atoms with van der Waals surface area (Å²) in [5, 5.41) is 37.2. The van der Waals surface area contributed by atoms with Gasteiger partial charge in [0.1, 0.15) is 46.4 Å². The first kappa shape index (κ1) is 46.5. The standard InChI is InChI=1S/C49H58N4O13/c1-22-12-11-13-23(2)48(60)51-38-41(58)34-33(37-45(38)64-32-21-29(20-30(55)36(32)50-37)53-17-14-28(15-18-53)52(8)9)35-43(25(4)39(34)56)66-49(7,47(35)59)62-19-16-31(61-10)24(3)44(63-27(6)54)46-40(57)26(5)42(22)65-46/h11-13,16,19-22,24,26,28,31,40,42,44,46,55-57H,14-15,17-18H2,1-10H3,(H,51,60)/b12-11+,19-16+,23-13-/t22-,24+,26-,31-,40+,42-,44+,46+,49-/m0/s1. The van der Waals surface area contributed by atoms with E-state index in [1.54, 1.807) is 38.1 Å². The van der Waals surface area contributed by atoms with Crippen molar-refractivity contribution in [1.82, 2.24) is 9.88 Å². The van der Waals surface area contributed by atoms with Crippen molar-refractivity contribution in [1.29, 1.82) is 0 Å². The molecule has 1 amide bonds. The van der Waals surface area contributed by atoms with E-state index in [4.69, 9.17) is 33.1 Å². The zero-order valence-corrected chi connectivity index (χ0v) is 38.8. The molecule has 9 rings (SSSR count). The van der Waals surface area contributed by atoms with Gasteiger partial charge in [0.15, 0.2) is 11.3 Å². The SMILES string of the molecule is CO[C@H]1/C=C/O[C@@]2(C)Oc3c(C)c(O)c4c(=O)c(c5oc6cc(N7CCC(N(C)C)CC7)cc(O)c6nc-5c4c3C2=O)NC(=O)/C(C)=C\C=C\[C@H](C)[C@@H]2O[C@H]([C@H](O)[C@@H]2C)[C@H](OC(C)=O)[C@@H]1C.